The first-order valence-corrected chi connectivity index (χ1v) is 8.94. The third kappa shape index (κ3) is 4.46. The number of carbonyl (C=O) groups is 3. The van der Waals surface area contributed by atoms with E-state index in [0.29, 0.717) is 23.4 Å². The van der Waals surface area contributed by atoms with Crippen molar-refractivity contribution < 1.29 is 19.5 Å². The largest absolute Gasteiger partial charge is 0.480 e. The average Bonchev–Trinajstić information content (AvgIpc) is 3.43. The molecule has 1 atom stereocenters. The maximum atomic E-state index is 12.6. The van der Waals surface area contributed by atoms with Crippen LogP contribution in [0, 0.1) is 0 Å². The van der Waals surface area contributed by atoms with Crippen molar-refractivity contribution in [3.8, 4) is 0 Å². The molecule has 0 bridgehead atoms. The summed E-state index contributed by atoms with van der Waals surface area (Å²) >= 11 is 6.08. The molecule has 3 rings (SSSR count). The van der Waals surface area contributed by atoms with Gasteiger partial charge in [-0.05, 0) is 30.5 Å². The standard InChI is InChI=1S/C20H19ClN2O4/c21-15-9-5-4-8-14(15)18(25)22-16(13-6-2-1-3-7-13)12-17(24)23-20(10-11-20)19(26)27/h1-9,16H,10-12H2,(H,22,25)(H,23,24)(H,26,27). The highest BCUT2D eigenvalue weighted by Gasteiger charge is 2.51. The molecule has 2 amide bonds. The molecule has 1 saturated carbocycles. The van der Waals surface area contributed by atoms with Gasteiger partial charge >= 0.3 is 5.97 Å². The number of nitrogens with one attached hydrogen (secondary N) is 2. The number of hydrogen-bond donors (Lipinski definition) is 3. The van der Waals surface area contributed by atoms with Crippen molar-refractivity contribution in [3.63, 3.8) is 0 Å². The summed E-state index contributed by atoms with van der Waals surface area (Å²) in [6, 6.07) is 15.1. The van der Waals surface area contributed by atoms with Crippen LogP contribution in [-0.4, -0.2) is 28.4 Å². The molecule has 6 nitrogen and oxygen atoms in total. The van der Waals surface area contributed by atoms with E-state index < -0.39 is 29.4 Å². The number of halogens is 1. The Kier molecular flexibility index (Phi) is 5.46. The molecule has 27 heavy (non-hydrogen) atoms. The van der Waals surface area contributed by atoms with E-state index in [4.69, 9.17) is 11.6 Å². The highest BCUT2D eigenvalue weighted by molar-refractivity contribution is 6.33. The van der Waals surface area contributed by atoms with Crippen molar-refractivity contribution in [2.24, 2.45) is 0 Å². The smallest absolute Gasteiger partial charge is 0.329 e. The van der Waals surface area contributed by atoms with Crippen LogP contribution in [0.5, 0.6) is 0 Å². The molecule has 1 fully saturated rings. The molecule has 0 saturated heterocycles. The Morgan fingerprint density at radius 1 is 1.04 bits per heavy atom. The molecule has 7 heteroatoms. The monoisotopic (exact) mass is 386 g/mol. The van der Waals surface area contributed by atoms with E-state index in [1.165, 1.54) is 0 Å². The minimum Gasteiger partial charge on any atom is -0.480 e. The van der Waals surface area contributed by atoms with Gasteiger partial charge in [0.1, 0.15) is 5.54 Å². The number of benzene rings is 2. The van der Waals surface area contributed by atoms with Crippen LogP contribution in [0.4, 0.5) is 0 Å². The lowest BCUT2D eigenvalue weighted by atomic mass is 10.0. The molecule has 1 aliphatic carbocycles. The van der Waals surface area contributed by atoms with E-state index in [-0.39, 0.29) is 6.42 Å². The zero-order chi connectivity index (χ0) is 19.4. The van der Waals surface area contributed by atoms with E-state index in [1.807, 2.05) is 18.2 Å². The number of carboxylic acids is 1. The summed E-state index contributed by atoms with van der Waals surface area (Å²) in [7, 11) is 0. The van der Waals surface area contributed by atoms with E-state index in [2.05, 4.69) is 10.6 Å². The fourth-order valence-corrected chi connectivity index (χ4v) is 3.06. The van der Waals surface area contributed by atoms with Gasteiger partial charge in [0.05, 0.1) is 23.0 Å². The number of rotatable bonds is 7. The predicted octanol–water partition coefficient (Wildman–Crippen LogP) is 2.93. The zero-order valence-electron chi connectivity index (χ0n) is 14.4. The average molecular weight is 387 g/mol. The normalized spacial score (nSPS) is 15.4. The Hall–Kier alpha value is -2.86. The summed E-state index contributed by atoms with van der Waals surface area (Å²) < 4.78 is 0. The SMILES string of the molecule is O=C(CC(NC(=O)c1ccccc1Cl)c1ccccc1)NC1(C(=O)O)CC1. The van der Waals surface area contributed by atoms with Gasteiger partial charge < -0.3 is 15.7 Å². The quantitative estimate of drug-likeness (QED) is 0.681. The van der Waals surface area contributed by atoms with E-state index in [1.54, 1.807) is 36.4 Å². The third-order valence-electron chi connectivity index (χ3n) is 4.55. The highest BCUT2D eigenvalue weighted by Crippen LogP contribution is 2.36. The van der Waals surface area contributed by atoms with Crippen LogP contribution in [0.25, 0.3) is 0 Å². The van der Waals surface area contributed by atoms with Crippen LogP contribution >= 0.6 is 11.6 Å². The minimum absolute atomic E-state index is 0.0742. The van der Waals surface area contributed by atoms with Crippen molar-refractivity contribution in [2.75, 3.05) is 0 Å². The fraction of sp³-hybridized carbons (Fsp3) is 0.250. The second-order valence-corrected chi connectivity index (χ2v) is 6.96. The molecule has 0 aromatic heterocycles. The lowest BCUT2D eigenvalue weighted by molar-refractivity contribution is -0.143. The maximum Gasteiger partial charge on any atom is 0.329 e. The first-order valence-electron chi connectivity index (χ1n) is 8.56. The van der Waals surface area contributed by atoms with Crippen LogP contribution in [-0.2, 0) is 9.59 Å². The van der Waals surface area contributed by atoms with Crippen molar-refractivity contribution >= 4 is 29.4 Å². The van der Waals surface area contributed by atoms with Gasteiger partial charge in [-0.3, -0.25) is 9.59 Å². The predicted molar refractivity (Wildman–Crippen MR) is 100 cm³/mol. The molecule has 2 aromatic carbocycles. The minimum atomic E-state index is -1.16. The van der Waals surface area contributed by atoms with Crippen molar-refractivity contribution in [3.05, 3.63) is 70.7 Å². The molecule has 140 valence electrons. The molecule has 2 aromatic rings. The van der Waals surface area contributed by atoms with Crippen LogP contribution < -0.4 is 10.6 Å². The maximum absolute atomic E-state index is 12.6. The lowest BCUT2D eigenvalue weighted by Gasteiger charge is -2.21. The Bertz CT molecular complexity index is 865. The molecule has 1 aliphatic rings. The van der Waals surface area contributed by atoms with Crippen molar-refractivity contribution in [1.29, 1.82) is 0 Å². The van der Waals surface area contributed by atoms with Crippen molar-refractivity contribution in [1.82, 2.24) is 10.6 Å². The van der Waals surface area contributed by atoms with E-state index in [0.717, 1.165) is 5.56 Å². The third-order valence-corrected chi connectivity index (χ3v) is 4.88. The summed E-state index contributed by atoms with van der Waals surface area (Å²) in [6.07, 6.45) is 0.751. The summed E-state index contributed by atoms with van der Waals surface area (Å²) in [5, 5.41) is 14.9. The Morgan fingerprint density at radius 3 is 2.26 bits per heavy atom. The number of amides is 2. The Morgan fingerprint density at radius 2 is 1.67 bits per heavy atom. The molecule has 1 unspecified atom stereocenters. The topological polar surface area (TPSA) is 95.5 Å². The van der Waals surface area contributed by atoms with Gasteiger partial charge in [-0.25, -0.2) is 4.79 Å². The lowest BCUT2D eigenvalue weighted by Crippen LogP contribution is -2.44. The van der Waals surface area contributed by atoms with Crippen LogP contribution in [0.3, 0.4) is 0 Å². The zero-order valence-corrected chi connectivity index (χ0v) is 15.2. The van der Waals surface area contributed by atoms with Crippen LogP contribution in [0.1, 0.15) is 41.2 Å². The second-order valence-electron chi connectivity index (χ2n) is 6.56. The summed E-state index contributed by atoms with van der Waals surface area (Å²) in [6.45, 7) is 0. The molecule has 0 radical (unpaired) electrons. The van der Waals surface area contributed by atoms with Crippen LogP contribution in [0.2, 0.25) is 5.02 Å². The van der Waals surface area contributed by atoms with Crippen molar-refractivity contribution in [2.45, 2.75) is 30.8 Å². The van der Waals surface area contributed by atoms with Gasteiger partial charge in [-0.15, -0.1) is 0 Å². The van der Waals surface area contributed by atoms with Gasteiger partial charge in [-0.2, -0.15) is 0 Å². The van der Waals surface area contributed by atoms with Gasteiger partial charge in [0, 0.05) is 0 Å². The first-order chi connectivity index (χ1) is 12.9. The summed E-state index contributed by atoms with van der Waals surface area (Å²) in [5.74, 6) is -1.86. The summed E-state index contributed by atoms with van der Waals surface area (Å²) in [4.78, 5) is 36.3. The molecule has 3 N–H and O–H groups in total. The number of hydrogen-bond acceptors (Lipinski definition) is 3. The van der Waals surface area contributed by atoms with Gasteiger partial charge in [0.25, 0.3) is 5.91 Å². The van der Waals surface area contributed by atoms with Gasteiger partial charge in [-0.1, -0.05) is 54.1 Å². The number of aliphatic carboxylic acids is 1. The molecule has 0 spiro atoms. The number of carboxylic acid groups (broad SMARTS) is 1. The van der Waals surface area contributed by atoms with E-state index in [9.17, 15) is 19.5 Å². The molecule has 0 aliphatic heterocycles. The molecule has 0 heterocycles. The molecular weight excluding hydrogens is 368 g/mol. The first kappa shape index (κ1) is 18.9. The van der Waals surface area contributed by atoms with Gasteiger partial charge in [0.15, 0.2) is 0 Å². The summed E-state index contributed by atoms with van der Waals surface area (Å²) in [5.41, 5.74) is -0.108. The Balaban J connectivity index is 1.76. The Labute approximate surface area is 161 Å². The highest BCUT2D eigenvalue weighted by atomic mass is 35.5. The number of carbonyl (C=O) groups excluding carboxylic acids is 2. The fourth-order valence-electron chi connectivity index (χ4n) is 2.84. The second kappa shape index (κ2) is 7.80. The molecular formula is C20H19ClN2O4. The van der Waals surface area contributed by atoms with Crippen LogP contribution in [0.15, 0.2) is 54.6 Å². The van der Waals surface area contributed by atoms with Gasteiger partial charge in [0.2, 0.25) is 5.91 Å². The van der Waals surface area contributed by atoms with E-state index >= 15 is 0 Å².